The Morgan fingerprint density at radius 3 is 2.12 bits per heavy atom. The van der Waals surface area contributed by atoms with Gasteiger partial charge in [-0.1, -0.05) is 58.8 Å². The van der Waals surface area contributed by atoms with E-state index in [1.807, 2.05) is 0 Å². The molecular formula is C16H31N. The van der Waals surface area contributed by atoms with Crippen LogP contribution >= 0.6 is 0 Å². The van der Waals surface area contributed by atoms with Crippen LogP contribution in [0.25, 0.3) is 0 Å². The third-order valence-corrected chi connectivity index (χ3v) is 4.97. The average molecular weight is 237 g/mol. The van der Waals surface area contributed by atoms with E-state index in [1.165, 1.54) is 57.9 Å². The van der Waals surface area contributed by atoms with Gasteiger partial charge in [-0.25, -0.2) is 0 Å². The molecule has 2 unspecified atom stereocenters. The van der Waals surface area contributed by atoms with Gasteiger partial charge in [0.05, 0.1) is 0 Å². The molecule has 0 aromatic carbocycles. The highest BCUT2D eigenvalue weighted by atomic mass is 14.9. The monoisotopic (exact) mass is 237 g/mol. The maximum Gasteiger partial charge on any atom is 0.00104 e. The van der Waals surface area contributed by atoms with Gasteiger partial charge >= 0.3 is 0 Å². The molecule has 0 aromatic heterocycles. The summed E-state index contributed by atoms with van der Waals surface area (Å²) in [4.78, 5) is 0. The van der Waals surface area contributed by atoms with Crippen LogP contribution in [0.4, 0.5) is 0 Å². The maximum absolute atomic E-state index is 3.67. The van der Waals surface area contributed by atoms with Crippen LogP contribution in [0.2, 0.25) is 0 Å². The first-order valence-corrected chi connectivity index (χ1v) is 7.99. The SMILES string of the molecule is CC(C)NCC1CCCCC1CC1CCCC1. The van der Waals surface area contributed by atoms with Crippen molar-refractivity contribution < 1.29 is 0 Å². The Bertz CT molecular complexity index is 206. The Hall–Kier alpha value is -0.0400. The minimum atomic E-state index is 0.657. The molecule has 0 spiro atoms. The number of nitrogens with one attached hydrogen (secondary N) is 1. The van der Waals surface area contributed by atoms with Crippen LogP contribution in [-0.4, -0.2) is 12.6 Å². The van der Waals surface area contributed by atoms with Gasteiger partial charge in [0.15, 0.2) is 0 Å². The largest absolute Gasteiger partial charge is 0.314 e. The predicted molar refractivity (Wildman–Crippen MR) is 75.2 cm³/mol. The summed E-state index contributed by atoms with van der Waals surface area (Å²) in [5, 5.41) is 3.67. The van der Waals surface area contributed by atoms with E-state index in [9.17, 15) is 0 Å². The summed E-state index contributed by atoms with van der Waals surface area (Å²) in [5.41, 5.74) is 0. The quantitative estimate of drug-likeness (QED) is 0.748. The lowest BCUT2D eigenvalue weighted by atomic mass is 9.74. The van der Waals surface area contributed by atoms with Crippen LogP contribution in [0.5, 0.6) is 0 Å². The first kappa shape index (κ1) is 13.4. The van der Waals surface area contributed by atoms with E-state index >= 15 is 0 Å². The van der Waals surface area contributed by atoms with Crippen molar-refractivity contribution in [1.82, 2.24) is 5.32 Å². The van der Waals surface area contributed by atoms with E-state index in [0.717, 1.165) is 17.8 Å². The third kappa shape index (κ3) is 4.28. The Morgan fingerprint density at radius 1 is 0.882 bits per heavy atom. The standard InChI is InChI=1S/C16H31N/c1-13(2)17-12-16-10-6-5-9-15(16)11-14-7-3-4-8-14/h13-17H,3-12H2,1-2H3. The number of hydrogen-bond donors (Lipinski definition) is 1. The minimum absolute atomic E-state index is 0.657. The molecule has 0 aliphatic heterocycles. The van der Waals surface area contributed by atoms with E-state index in [-0.39, 0.29) is 0 Å². The molecule has 1 nitrogen and oxygen atoms in total. The van der Waals surface area contributed by atoms with Crippen molar-refractivity contribution >= 4 is 0 Å². The van der Waals surface area contributed by atoms with Gasteiger partial charge in [0.25, 0.3) is 0 Å². The second-order valence-corrected chi connectivity index (χ2v) is 6.75. The lowest BCUT2D eigenvalue weighted by Crippen LogP contribution is -2.34. The lowest BCUT2D eigenvalue weighted by Gasteiger charge is -2.34. The minimum Gasteiger partial charge on any atom is -0.314 e. The zero-order chi connectivity index (χ0) is 12.1. The zero-order valence-corrected chi connectivity index (χ0v) is 11.9. The third-order valence-electron chi connectivity index (χ3n) is 4.97. The van der Waals surface area contributed by atoms with Crippen LogP contribution in [-0.2, 0) is 0 Å². The summed E-state index contributed by atoms with van der Waals surface area (Å²) >= 11 is 0. The molecule has 0 heterocycles. The Kier molecular flexibility index (Phi) is 5.34. The molecule has 2 rings (SSSR count). The Labute approximate surface area is 108 Å². The predicted octanol–water partition coefficient (Wildman–Crippen LogP) is 4.37. The van der Waals surface area contributed by atoms with E-state index in [2.05, 4.69) is 19.2 Å². The van der Waals surface area contributed by atoms with Crippen molar-refractivity contribution in [2.45, 2.75) is 77.7 Å². The normalized spacial score (nSPS) is 31.2. The molecule has 2 aliphatic carbocycles. The molecular weight excluding hydrogens is 206 g/mol. The van der Waals surface area contributed by atoms with Gasteiger partial charge in [0.1, 0.15) is 0 Å². The molecule has 2 aliphatic rings. The summed E-state index contributed by atoms with van der Waals surface area (Å²) in [7, 11) is 0. The molecule has 0 saturated heterocycles. The summed E-state index contributed by atoms with van der Waals surface area (Å²) in [6, 6.07) is 0.657. The fourth-order valence-electron chi connectivity index (χ4n) is 3.92. The lowest BCUT2D eigenvalue weighted by molar-refractivity contribution is 0.189. The molecule has 2 atom stereocenters. The van der Waals surface area contributed by atoms with E-state index < -0.39 is 0 Å². The first-order valence-electron chi connectivity index (χ1n) is 7.99. The van der Waals surface area contributed by atoms with Gasteiger partial charge in [0, 0.05) is 6.04 Å². The Balaban J connectivity index is 1.78. The van der Waals surface area contributed by atoms with Crippen LogP contribution < -0.4 is 5.32 Å². The smallest absolute Gasteiger partial charge is 0.00104 e. The molecule has 1 N–H and O–H groups in total. The van der Waals surface area contributed by atoms with Crippen molar-refractivity contribution in [3.8, 4) is 0 Å². The van der Waals surface area contributed by atoms with Crippen LogP contribution in [0.1, 0.15) is 71.6 Å². The second-order valence-electron chi connectivity index (χ2n) is 6.75. The molecule has 17 heavy (non-hydrogen) atoms. The van der Waals surface area contributed by atoms with Crippen molar-refractivity contribution in [3.63, 3.8) is 0 Å². The van der Waals surface area contributed by atoms with E-state index in [4.69, 9.17) is 0 Å². The number of rotatable bonds is 5. The highest BCUT2D eigenvalue weighted by Crippen LogP contribution is 2.38. The zero-order valence-electron chi connectivity index (χ0n) is 11.9. The average Bonchev–Trinajstić information content (AvgIpc) is 2.80. The van der Waals surface area contributed by atoms with Crippen LogP contribution in [0.15, 0.2) is 0 Å². The van der Waals surface area contributed by atoms with Crippen molar-refractivity contribution in [2.24, 2.45) is 17.8 Å². The molecule has 0 aromatic rings. The van der Waals surface area contributed by atoms with Gasteiger partial charge < -0.3 is 5.32 Å². The van der Waals surface area contributed by atoms with E-state index in [0.29, 0.717) is 6.04 Å². The van der Waals surface area contributed by atoms with Crippen molar-refractivity contribution in [2.75, 3.05) is 6.54 Å². The summed E-state index contributed by atoms with van der Waals surface area (Å²) in [5.74, 6) is 3.10. The molecule has 0 amide bonds. The fourth-order valence-corrected chi connectivity index (χ4v) is 3.92. The highest BCUT2D eigenvalue weighted by molar-refractivity contribution is 4.81. The van der Waals surface area contributed by atoms with Gasteiger partial charge in [-0.05, 0) is 37.1 Å². The molecule has 2 fully saturated rings. The van der Waals surface area contributed by atoms with Gasteiger partial charge in [-0.2, -0.15) is 0 Å². The van der Waals surface area contributed by atoms with Crippen LogP contribution in [0, 0.1) is 17.8 Å². The molecule has 2 saturated carbocycles. The van der Waals surface area contributed by atoms with Gasteiger partial charge in [-0.15, -0.1) is 0 Å². The van der Waals surface area contributed by atoms with Crippen LogP contribution in [0.3, 0.4) is 0 Å². The first-order chi connectivity index (χ1) is 8.25. The molecule has 100 valence electrons. The summed E-state index contributed by atoms with van der Waals surface area (Å²) in [6.07, 6.45) is 13.6. The van der Waals surface area contributed by atoms with Gasteiger partial charge in [-0.3, -0.25) is 0 Å². The second kappa shape index (κ2) is 6.78. The van der Waals surface area contributed by atoms with Crippen molar-refractivity contribution in [1.29, 1.82) is 0 Å². The van der Waals surface area contributed by atoms with E-state index in [1.54, 1.807) is 6.42 Å². The highest BCUT2D eigenvalue weighted by Gasteiger charge is 2.28. The van der Waals surface area contributed by atoms with Gasteiger partial charge in [0.2, 0.25) is 0 Å². The summed E-state index contributed by atoms with van der Waals surface area (Å²) < 4.78 is 0. The molecule has 0 radical (unpaired) electrons. The summed E-state index contributed by atoms with van der Waals surface area (Å²) in [6.45, 7) is 5.82. The maximum atomic E-state index is 3.67. The Morgan fingerprint density at radius 2 is 1.47 bits per heavy atom. The fraction of sp³-hybridized carbons (Fsp3) is 1.00. The van der Waals surface area contributed by atoms with Crippen molar-refractivity contribution in [3.05, 3.63) is 0 Å². The topological polar surface area (TPSA) is 12.0 Å². The molecule has 1 heteroatoms. The number of hydrogen-bond acceptors (Lipinski definition) is 1. The molecule has 0 bridgehead atoms.